The molecule has 0 saturated heterocycles. The van der Waals surface area contributed by atoms with E-state index < -0.39 is 0 Å². The number of fused-ring (bicyclic) bond motifs is 9. The molecule has 0 aliphatic carbocycles. The van der Waals surface area contributed by atoms with Crippen LogP contribution in [0, 0.1) is 0 Å². The summed E-state index contributed by atoms with van der Waals surface area (Å²) in [5, 5.41) is 7.02. The van der Waals surface area contributed by atoms with E-state index in [0.717, 1.165) is 83.4 Å². The van der Waals surface area contributed by atoms with Gasteiger partial charge in [-0.15, -0.1) is 11.3 Å². The highest BCUT2D eigenvalue weighted by molar-refractivity contribution is 7.25. The van der Waals surface area contributed by atoms with Crippen molar-refractivity contribution in [3.8, 4) is 61.8 Å². The summed E-state index contributed by atoms with van der Waals surface area (Å²) >= 11 is 1.85. The zero-order valence-electron chi connectivity index (χ0n) is 33.9. The van der Waals surface area contributed by atoms with Crippen LogP contribution in [0.1, 0.15) is 0 Å². The quantitative estimate of drug-likeness (QED) is 0.168. The predicted molar refractivity (Wildman–Crippen MR) is 264 cm³/mol. The van der Waals surface area contributed by atoms with Gasteiger partial charge in [0.1, 0.15) is 5.58 Å². The lowest BCUT2D eigenvalue weighted by atomic mass is 9.94. The van der Waals surface area contributed by atoms with E-state index in [9.17, 15) is 0 Å². The molecule has 0 bridgehead atoms. The van der Waals surface area contributed by atoms with Crippen molar-refractivity contribution < 1.29 is 4.42 Å². The Hall–Kier alpha value is -8.12. The Labute approximate surface area is 366 Å². The number of benzene rings is 9. The largest absolute Gasteiger partial charge is 0.454 e. The second kappa shape index (κ2) is 14.2. The van der Waals surface area contributed by atoms with E-state index in [1.807, 2.05) is 35.6 Å². The van der Waals surface area contributed by atoms with Gasteiger partial charge in [-0.1, -0.05) is 158 Å². The van der Waals surface area contributed by atoms with Crippen LogP contribution in [0.4, 0.5) is 0 Å². The van der Waals surface area contributed by atoms with Gasteiger partial charge in [0.05, 0.1) is 28.1 Å². The molecule has 5 heteroatoms. The van der Waals surface area contributed by atoms with Crippen LogP contribution in [0.3, 0.4) is 0 Å². The van der Waals surface area contributed by atoms with E-state index in [0.29, 0.717) is 5.82 Å². The van der Waals surface area contributed by atoms with Crippen molar-refractivity contribution in [2.75, 3.05) is 0 Å². The van der Waals surface area contributed by atoms with Crippen molar-refractivity contribution in [1.82, 2.24) is 14.5 Å². The highest BCUT2D eigenvalue weighted by Crippen LogP contribution is 2.45. The van der Waals surface area contributed by atoms with E-state index in [4.69, 9.17) is 14.4 Å². The molecule has 0 unspecified atom stereocenters. The average Bonchev–Trinajstić information content (AvgIpc) is 4.03. The van der Waals surface area contributed by atoms with Crippen LogP contribution in [0.5, 0.6) is 0 Å². The molecule has 0 aliphatic rings. The van der Waals surface area contributed by atoms with Crippen LogP contribution in [0.25, 0.3) is 126 Å². The maximum absolute atomic E-state index is 7.25. The fourth-order valence-corrected chi connectivity index (χ4v) is 10.6. The summed E-state index contributed by atoms with van der Waals surface area (Å²) in [6.45, 7) is 0. The van der Waals surface area contributed by atoms with E-state index in [1.165, 1.54) is 36.5 Å². The number of nitrogens with zero attached hydrogens (tertiary/aromatic N) is 3. The molecule has 63 heavy (non-hydrogen) atoms. The lowest BCUT2D eigenvalue weighted by molar-refractivity contribution is 0.666. The van der Waals surface area contributed by atoms with Gasteiger partial charge in [-0.25, -0.2) is 9.97 Å². The minimum Gasteiger partial charge on any atom is -0.454 e. The molecule has 4 nitrogen and oxygen atoms in total. The standard InChI is InChI=1S/C58H35N3OS/c1-4-16-36(17-5-1)39-22-14-23-40(30-39)41-31-47(49-35-48(37-18-6-2-7-19-37)59-58(60-49)38-20-8-3-9-21-38)56-44-26-15-28-51(57(44)62-53(56)32-41)61-50-27-12-10-24-42(50)45-34-55-46(33-52(45)61)43-25-11-13-29-54(43)63-55/h1-35H. The van der Waals surface area contributed by atoms with E-state index in [-0.39, 0.29) is 0 Å². The summed E-state index contributed by atoms with van der Waals surface area (Å²) in [5.74, 6) is 0.669. The Bertz CT molecular complexity index is 3840. The Morgan fingerprint density at radius 3 is 1.83 bits per heavy atom. The first-order valence-corrected chi connectivity index (χ1v) is 22.0. The number of thiophene rings is 1. The van der Waals surface area contributed by atoms with Crippen LogP contribution < -0.4 is 0 Å². The first kappa shape index (κ1) is 35.6. The highest BCUT2D eigenvalue weighted by Gasteiger charge is 2.23. The fraction of sp³-hybridized carbons (Fsp3) is 0. The molecule has 13 rings (SSSR count). The molecule has 0 fully saturated rings. The van der Waals surface area contributed by atoms with Crippen molar-refractivity contribution in [3.63, 3.8) is 0 Å². The zero-order valence-corrected chi connectivity index (χ0v) is 34.7. The van der Waals surface area contributed by atoms with Gasteiger partial charge in [0.15, 0.2) is 11.4 Å². The van der Waals surface area contributed by atoms with Gasteiger partial charge in [0.25, 0.3) is 0 Å². The third kappa shape index (κ3) is 5.82. The third-order valence-electron chi connectivity index (χ3n) is 12.4. The van der Waals surface area contributed by atoms with Gasteiger partial charge < -0.3 is 8.98 Å². The molecular weight excluding hydrogens is 787 g/mol. The second-order valence-electron chi connectivity index (χ2n) is 16.1. The normalized spacial score (nSPS) is 11.8. The summed E-state index contributed by atoms with van der Waals surface area (Å²) in [4.78, 5) is 10.5. The molecular formula is C58H35N3OS. The van der Waals surface area contributed by atoms with Crippen molar-refractivity contribution in [2.24, 2.45) is 0 Å². The Morgan fingerprint density at radius 1 is 0.381 bits per heavy atom. The molecule has 4 heterocycles. The first-order chi connectivity index (χ1) is 31.2. The van der Waals surface area contributed by atoms with Crippen molar-refractivity contribution >= 4 is 75.3 Å². The zero-order chi connectivity index (χ0) is 41.4. The summed E-state index contributed by atoms with van der Waals surface area (Å²) < 4.78 is 12.2. The van der Waals surface area contributed by atoms with Gasteiger partial charge in [0.2, 0.25) is 0 Å². The minimum absolute atomic E-state index is 0.669. The number of hydrogen-bond acceptors (Lipinski definition) is 4. The molecule has 0 spiro atoms. The fourth-order valence-electron chi connectivity index (χ4n) is 9.47. The molecule has 4 aromatic heterocycles. The lowest BCUT2D eigenvalue weighted by Crippen LogP contribution is -1.96. The SMILES string of the molecule is c1ccc(-c2cccc(-c3cc(-c4cc(-c5ccccc5)nc(-c5ccccc5)n4)c4c(c3)oc3c(-n5c6ccccc6c6cc7sc8ccccc8c7cc65)cccc34)c2)cc1. The molecule has 0 saturated carbocycles. The van der Waals surface area contributed by atoms with Crippen LogP contribution in [-0.4, -0.2) is 14.5 Å². The summed E-state index contributed by atoms with van der Waals surface area (Å²) in [6.07, 6.45) is 0. The summed E-state index contributed by atoms with van der Waals surface area (Å²) in [5.41, 5.74) is 14.0. The molecule has 0 atom stereocenters. The van der Waals surface area contributed by atoms with Gasteiger partial charge in [0, 0.05) is 58.4 Å². The summed E-state index contributed by atoms with van der Waals surface area (Å²) in [6, 6.07) is 75.4. The molecule has 0 amide bonds. The molecule has 0 aliphatic heterocycles. The maximum atomic E-state index is 7.25. The second-order valence-corrected chi connectivity index (χ2v) is 17.2. The van der Waals surface area contributed by atoms with E-state index in [2.05, 4.69) is 193 Å². The highest BCUT2D eigenvalue weighted by atomic mass is 32.1. The number of furan rings is 1. The van der Waals surface area contributed by atoms with E-state index in [1.54, 1.807) is 0 Å². The van der Waals surface area contributed by atoms with Gasteiger partial charge >= 0.3 is 0 Å². The van der Waals surface area contributed by atoms with Crippen molar-refractivity contribution in [2.45, 2.75) is 0 Å². The molecule has 0 N–H and O–H groups in total. The monoisotopic (exact) mass is 821 g/mol. The van der Waals surface area contributed by atoms with Gasteiger partial charge in [-0.2, -0.15) is 0 Å². The number of para-hydroxylation sites is 2. The average molecular weight is 822 g/mol. The summed E-state index contributed by atoms with van der Waals surface area (Å²) in [7, 11) is 0. The smallest absolute Gasteiger partial charge is 0.160 e. The van der Waals surface area contributed by atoms with Crippen LogP contribution in [0.2, 0.25) is 0 Å². The number of aromatic nitrogens is 3. The lowest BCUT2D eigenvalue weighted by Gasteiger charge is -2.12. The molecule has 0 radical (unpaired) electrons. The first-order valence-electron chi connectivity index (χ1n) is 21.2. The van der Waals surface area contributed by atoms with Crippen molar-refractivity contribution in [1.29, 1.82) is 0 Å². The maximum Gasteiger partial charge on any atom is 0.160 e. The number of rotatable bonds is 6. The van der Waals surface area contributed by atoms with Gasteiger partial charge in [-0.05, 0) is 76.9 Å². The Kier molecular flexibility index (Phi) is 8.05. The molecule has 13 aromatic rings. The predicted octanol–water partition coefficient (Wildman–Crippen LogP) is 16.2. The minimum atomic E-state index is 0.669. The van der Waals surface area contributed by atoms with E-state index >= 15 is 0 Å². The van der Waals surface area contributed by atoms with Crippen LogP contribution in [0.15, 0.2) is 217 Å². The van der Waals surface area contributed by atoms with Crippen LogP contribution >= 0.6 is 11.3 Å². The molecule has 294 valence electrons. The molecule has 9 aromatic carbocycles. The van der Waals surface area contributed by atoms with Crippen LogP contribution in [-0.2, 0) is 0 Å². The van der Waals surface area contributed by atoms with Gasteiger partial charge in [-0.3, -0.25) is 0 Å². The third-order valence-corrected chi connectivity index (χ3v) is 13.5. The Morgan fingerprint density at radius 2 is 1.02 bits per heavy atom. The number of hydrogen-bond donors (Lipinski definition) is 0. The topological polar surface area (TPSA) is 43.9 Å². The Balaban J connectivity index is 1.11. The van der Waals surface area contributed by atoms with Crippen molar-refractivity contribution in [3.05, 3.63) is 212 Å².